The average Bonchev–Trinajstić information content (AvgIpc) is 3.15. The molecule has 8 heteroatoms. The fraction of sp³-hybridized carbons (Fsp3) is 0.526. The largest absolute Gasteiger partial charge is 0.385 e. The second-order valence-electron chi connectivity index (χ2n) is 5.85. The van der Waals surface area contributed by atoms with Gasteiger partial charge in [0, 0.05) is 45.3 Å². The van der Waals surface area contributed by atoms with Crippen LogP contribution in [0.3, 0.4) is 0 Å². The van der Waals surface area contributed by atoms with Gasteiger partial charge in [0.05, 0.1) is 0 Å². The number of rotatable bonds is 10. The number of aryl methyl sites for hydroxylation is 1. The molecule has 2 rings (SSSR count). The lowest BCUT2D eigenvalue weighted by molar-refractivity contribution is 0.197. The van der Waals surface area contributed by atoms with Crippen molar-refractivity contribution in [2.75, 3.05) is 33.4 Å². The Hall–Kier alpha value is -1.68. The van der Waals surface area contributed by atoms with Crippen LogP contribution < -0.4 is 10.6 Å². The van der Waals surface area contributed by atoms with Crippen molar-refractivity contribution in [1.82, 2.24) is 20.8 Å². The van der Waals surface area contributed by atoms with Crippen molar-refractivity contribution in [2.45, 2.75) is 33.1 Å². The maximum Gasteiger partial charge on any atom is 0.257 e. The number of guanidine groups is 1. The number of nitrogens with one attached hydrogen (secondary N) is 2. The molecule has 1 aromatic carbocycles. The van der Waals surface area contributed by atoms with Crippen molar-refractivity contribution in [3.05, 3.63) is 35.7 Å². The third-order valence-corrected chi connectivity index (χ3v) is 3.81. The molecule has 0 fully saturated rings. The summed E-state index contributed by atoms with van der Waals surface area (Å²) in [6.45, 7) is 7.21. The standard InChI is InChI=1S/C19H29N5O2.HI/c1-4-17-23-18(26-24-17)16-9-7-15(8-10-16)11-13-22-19(20-5-2)21-12-6-14-25-3;/h7-10H,4-6,11-14H2,1-3H3,(H2,20,21,22);1H. The van der Waals surface area contributed by atoms with E-state index in [1.54, 1.807) is 7.11 Å². The minimum atomic E-state index is 0. The minimum absolute atomic E-state index is 0. The molecule has 0 spiro atoms. The number of nitrogens with zero attached hydrogens (tertiary/aromatic N) is 3. The number of aromatic nitrogens is 2. The number of methoxy groups -OCH3 is 1. The van der Waals surface area contributed by atoms with Crippen LogP contribution in [0.1, 0.15) is 31.7 Å². The Morgan fingerprint density at radius 2 is 1.96 bits per heavy atom. The highest BCUT2D eigenvalue weighted by Crippen LogP contribution is 2.18. The van der Waals surface area contributed by atoms with Crippen LogP contribution in [-0.4, -0.2) is 49.5 Å². The van der Waals surface area contributed by atoms with Gasteiger partial charge in [-0.1, -0.05) is 24.2 Å². The molecule has 0 radical (unpaired) electrons. The van der Waals surface area contributed by atoms with Crippen LogP contribution in [-0.2, 0) is 17.6 Å². The molecular weight excluding hydrogens is 457 g/mol. The molecule has 0 saturated carbocycles. The van der Waals surface area contributed by atoms with E-state index in [4.69, 9.17) is 9.26 Å². The summed E-state index contributed by atoms with van der Waals surface area (Å²) in [4.78, 5) is 8.89. The first-order valence-electron chi connectivity index (χ1n) is 9.19. The van der Waals surface area contributed by atoms with Crippen LogP contribution in [0.15, 0.2) is 33.8 Å². The van der Waals surface area contributed by atoms with Crippen LogP contribution in [0.25, 0.3) is 11.5 Å². The highest BCUT2D eigenvalue weighted by Gasteiger charge is 2.07. The van der Waals surface area contributed by atoms with Gasteiger partial charge in [0.2, 0.25) is 0 Å². The van der Waals surface area contributed by atoms with Crippen molar-refractivity contribution < 1.29 is 9.26 Å². The molecule has 1 aromatic heterocycles. The smallest absolute Gasteiger partial charge is 0.257 e. The number of benzene rings is 1. The zero-order chi connectivity index (χ0) is 18.6. The van der Waals surface area contributed by atoms with E-state index < -0.39 is 0 Å². The molecule has 150 valence electrons. The van der Waals surface area contributed by atoms with Crippen molar-refractivity contribution in [1.29, 1.82) is 0 Å². The van der Waals surface area contributed by atoms with Crippen molar-refractivity contribution in [3.63, 3.8) is 0 Å². The maximum absolute atomic E-state index is 5.27. The highest BCUT2D eigenvalue weighted by molar-refractivity contribution is 14.0. The number of hydrogen-bond donors (Lipinski definition) is 2. The maximum atomic E-state index is 5.27. The Morgan fingerprint density at radius 1 is 1.19 bits per heavy atom. The molecule has 2 N–H and O–H groups in total. The average molecular weight is 487 g/mol. The first-order valence-corrected chi connectivity index (χ1v) is 9.19. The van der Waals surface area contributed by atoms with Gasteiger partial charge in [-0.3, -0.25) is 4.99 Å². The van der Waals surface area contributed by atoms with Gasteiger partial charge in [0.1, 0.15) is 0 Å². The third kappa shape index (κ3) is 8.25. The molecule has 0 bridgehead atoms. The van der Waals surface area contributed by atoms with Crippen molar-refractivity contribution in [3.8, 4) is 11.5 Å². The summed E-state index contributed by atoms with van der Waals surface area (Å²) in [5, 5.41) is 10.5. The molecule has 0 aliphatic heterocycles. The summed E-state index contributed by atoms with van der Waals surface area (Å²) < 4.78 is 10.3. The lowest BCUT2D eigenvalue weighted by atomic mass is 10.1. The SMILES string of the molecule is CCNC(=NCCCOC)NCCc1ccc(-c2nc(CC)no2)cc1.I. The predicted molar refractivity (Wildman–Crippen MR) is 119 cm³/mol. The fourth-order valence-electron chi connectivity index (χ4n) is 2.40. The lowest BCUT2D eigenvalue weighted by Crippen LogP contribution is -2.38. The Balaban J connectivity index is 0.00000364. The summed E-state index contributed by atoms with van der Waals surface area (Å²) in [6, 6.07) is 8.23. The second kappa shape index (κ2) is 13.5. The first-order chi connectivity index (χ1) is 12.8. The van der Waals surface area contributed by atoms with E-state index >= 15 is 0 Å². The van der Waals surface area contributed by atoms with Gasteiger partial charge in [-0.2, -0.15) is 4.98 Å². The Labute approximate surface area is 178 Å². The van der Waals surface area contributed by atoms with E-state index in [1.807, 2.05) is 19.1 Å². The van der Waals surface area contributed by atoms with Gasteiger partial charge >= 0.3 is 0 Å². The van der Waals surface area contributed by atoms with E-state index in [9.17, 15) is 0 Å². The molecule has 0 aliphatic rings. The molecule has 27 heavy (non-hydrogen) atoms. The van der Waals surface area contributed by atoms with E-state index in [0.717, 1.165) is 62.9 Å². The Kier molecular flexibility index (Phi) is 11.7. The van der Waals surface area contributed by atoms with E-state index in [1.165, 1.54) is 5.56 Å². The van der Waals surface area contributed by atoms with Gasteiger partial charge in [0.15, 0.2) is 11.8 Å². The van der Waals surface area contributed by atoms with Crippen LogP contribution in [0.5, 0.6) is 0 Å². The minimum Gasteiger partial charge on any atom is -0.385 e. The number of ether oxygens (including phenoxy) is 1. The fourth-order valence-corrected chi connectivity index (χ4v) is 2.40. The van der Waals surface area contributed by atoms with Gasteiger partial charge in [0.25, 0.3) is 5.89 Å². The summed E-state index contributed by atoms with van der Waals surface area (Å²) in [5.41, 5.74) is 2.19. The quantitative estimate of drug-likeness (QED) is 0.232. The van der Waals surface area contributed by atoms with Crippen molar-refractivity contribution in [2.24, 2.45) is 4.99 Å². The van der Waals surface area contributed by atoms with Gasteiger partial charge in [-0.05, 0) is 37.5 Å². The van der Waals surface area contributed by atoms with Gasteiger partial charge < -0.3 is 19.9 Å². The molecule has 0 saturated heterocycles. The summed E-state index contributed by atoms with van der Waals surface area (Å²) in [5.74, 6) is 2.15. The Morgan fingerprint density at radius 3 is 2.59 bits per heavy atom. The van der Waals surface area contributed by atoms with Gasteiger partial charge in [-0.15, -0.1) is 24.0 Å². The molecule has 7 nitrogen and oxygen atoms in total. The van der Waals surface area contributed by atoms with Crippen LogP contribution >= 0.6 is 24.0 Å². The normalized spacial score (nSPS) is 11.1. The van der Waals surface area contributed by atoms with Gasteiger partial charge in [-0.25, -0.2) is 0 Å². The summed E-state index contributed by atoms with van der Waals surface area (Å²) in [6.07, 6.45) is 2.60. The zero-order valence-corrected chi connectivity index (χ0v) is 18.7. The van der Waals surface area contributed by atoms with E-state index in [2.05, 4.69) is 44.8 Å². The van der Waals surface area contributed by atoms with Crippen LogP contribution in [0, 0.1) is 0 Å². The van der Waals surface area contributed by atoms with Crippen LogP contribution in [0.4, 0.5) is 0 Å². The number of halogens is 1. The monoisotopic (exact) mass is 487 g/mol. The molecule has 1 heterocycles. The lowest BCUT2D eigenvalue weighted by Gasteiger charge is -2.11. The molecule has 2 aromatic rings. The molecule has 0 aliphatic carbocycles. The summed E-state index contributed by atoms with van der Waals surface area (Å²) >= 11 is 0. The molecular formula is C19H30IN5O2. The summed E-state index contributed by atoms with van der Waals surface area (Å²) in [7, 11) is 1.71. The van der Waals surface area contributed by atoms with E-state index in [0.29, 0.717) is 5.89 Å². The zero-order valence-electron chi connectivity index (χ0n) is 16.3. The topological polar surface area (TPSA) is 84.6 Å². The first kappa shape index (κ1) is 23.4. The highest BCUT2D eigenvalue weighted by atomic mass is 127. The third-order valence-electron chi connectivity index (χ3n) is 3.81. The number of hydrogen-bond acceptors (Lipinski definition) is 5. The molecule has 0 unspecified atom stereocenters. The molecule has 0 amide bonds. The second-order valence-corrected chi connectivity index (χ2v) is 5.85. The molecule has 0 atom stereocenters. The van der Waals surface area contributed by atoms with Crippen molar-refractivity contribution >= 4 is 29.9 Å². The number of aliphatic imine (C=N–C) groups is 1. The van der Waals surface area contributed by atoms with E-state index in [-0.39, 0.29) is 24.0 Å². The predicted octanol–water partition coefficient (Wildman–Crippen LogP) is 3.05. The van der Waals surface area contributed by atoms with Crippen LogP contribution in [0.2, 0.25) is 0 Å². The Bertz CT molecular complexity index is 673.